The number of benzene rings is 2. The van der Waals surface area contributed by atoms with E-state index in [0.717, 1.165) is 29.5 Å². The minimum atomic E-state index is -1.43. The lowest BCUT2D eigenvalue weighted by Gasteiger charge is -2.03. The quantitative estimate of drug-likeness (QED) is 0.666. The molecule has 21 heavy (non-hydrogen) atoms. The summed E-state index contributed by atoms with van der Waals surface area (Å²) in [7, 11) is -1.43. The zero-order chi connectivity index (χ0) is 15.2. The van der Waals surface area contributed by atoms with Crippen LogP contribution in [-0.4, -0.2) is 17.2 Å². The predicted octanol–water partition coefficient (Wildman–Crippen LogP) is 2.03. The molecule has 0 amide bonds. The van der Waals surface area contributed by atoms with Crippen molar-refractivity contribution in [1.82, 2.24) is 0 Å². The highest BCUT2D eigenvalue weighted by molar-refractivity contribution is 6.58. The molecule has 0 unspecified atom stereocenters. The third-order valence-electron chi connectivity index (χ3n) is 3.38. The fraction of sp³-hybridized carbons (Fsp3) is 0.222. The van der Waals surface area contributed by atoms with Gasteiger partial charge in [0, 0.05) is 11.1 Å². The van der Waals surface area contributed by atoms with Gasteiger partial charge in [0.1, 0.15) is 0 Å². The molecule has 0 fully saturated rings. The maximum atomic E-state index is 9.14. The van der Waals surface area contributed by atoms with E-state index in [1.807, 2.05) is 25.1 Å². The Morgan fingerprint density at radius 2 is 1.71 bits per heavy atom. The Morgan fingerprint density at radius 1 is 1.00 bits per heavy atom. The molecule has 0 saturated carbocycles. The van der Waals surface area contributed by atoms with Gasteiger partial charge in [-0.15, -0.1) is 0 Å². The van der Waals surface area contributed by atoms with Gasteiger partial charge < -0.3 is 10.0 Å². The normalized spacial score (nSPS) is 9.90. The van der Waals surface area contributed by atoms with Crippen molar-refractivity contribution in [1.29, 1.82) is 0 Å². The third kappa shape index (κ3) is 4.22. The van der Waals surface area contributed by atoms with Gasteiger partial charge in [-0.05, 0) is 48.1 Å². The molecule has 0 aromatic heterocycles. The van der Waals surface area contributed by atoms with Crippen molar-refractivity contribution < 1.29 is 10.0 Å². The molecule has 0 saturated heterocycles. The van der Waals surface area contributed by atoms with Crippen LogP contribution in [0.2, 0.25) is 0 Å². The van der Waals surface area contributed by atoms with Crippen molar-refractivity contribution in [2.45, 2.75) is 26.7 Å². The second-order valence-electron chi connectivity index (χ2n) is 5.14. The maximum Gasteiger partial charge on any atom is 0.488 e. The molecular weight excluding hydrogens is 259 g/mol. The van der Waals surface area contributed by atoms with Crippen LogP contribution in [0.4, 0.5) is 0 Å². The van der Waals surface area contributed by atoms with Crippen LogP contribution in [0, 0.1) is 18.8 Å². The Morgan fingerprint density at radius 3 is 2.29 bits per heavy atom. The van der Waals surface area contributed by atoms with E-state index in [1.54, 1.807) is 12.1 Å². The van der Waals surface area contributed by atoms with Crippen LogP contribution in [-0.2, 0) is 6.42 Å². The first-order valence-corrected chi connectivity index (χ1v) is 7.18. The standard InChI is InChI=1S/C18H19BO2/c1-3-4-15-5-7-16(8-6-15)9-10-17-11-12-18(19(20)21)13-14(17)2/h5-8,11-13,20-21H,3-4H2,1-2H3. The molecule has 3 heteroatoms. The van der Waals surface area contributed by atoms with Crippen molar-refractivity contribution in [2.75, 3.05) is 0 Å². The van der Waals surface area contributed by atoms with Gasteiger partial charge >= 0.3 is 7.12 Å². The second kappa shape index (κ2) is 7.13. The Balaban J connectivity index is 2.18. The van der Waals surface area contributed by atoms with Gasteiger partial charge in [-0.25, -0.2) is 0 Å². The van der Waals surface area contributed by atoms with E-state index < -0.39 is 7.12 Å². The summed E-state index contributed by atoms with van der Waals surface area (Å²) in [5.41, 5.74) is 4.65. The fourth-order valence-corrected chi connectivity index (χ4v) is 2.17. The average Bonchev–Trinajstić information content (AvgIpc) is 2.47. The highest BCUT2D eigenvalue weighted by Gasteiger charge is 2.11. The summed E-state index contributed by atoms with van der Waals surface area (Å²) in [5.74, 6) is 6.28. The van der Waals surface area contributed by atoms with E-state index in [0.29, 0.717) is 5.46 Å². The second-order valence-corrected chi connectivity index (χ2v) is 5.14. The first kappa shape index (κ1) is 15.4. The molecular formula is C18H19BO2. The topological polar surface area (TPSA) is 40.5 Å². The predicted molar refractivity (Wildman–Crippen MR) is 87.4 cm³/mol. The molecule has 0 spiro atoms. The molecule has 0 atom stereocenters. The van der Waals surface area contributed by atoms with E-state index in [4.69, 9.17) is 10.0 Å². The number of hydrogen-bond donors (Lipinski definition) is 2. The number of hydrogen-bond acceptors (Lipinski definition) is 2. The van der Waals surface area contributed by atoms with E-state index in [1.165, 1.54) is 5.56 Å². The Kier molecular flexibility index (Phi) is 5.22. The van der Waals surface area contributed by atoms with Crippen molar-refractivity contribution in [3.05, 3.63) is 64.7 Å². The fourth-order valence-electron chi connectivity index (χ4n) is 2.17. The molecule has 106 valence electrons. The van der Waals surface area contributed by atoms with Crippen LogP contribution < -0.4 is 5.46 Å². The molecule has 2 N–H and O–H groups in total. The SMILES string of the molecule is CCCc1ccc(C#Cc2ccc(B(O)O)cc2C)cc1. The smallest absolute Gasteiger partial charge is 0.423 e. The minimum Gasteiger partial charge on any atom is -0.423 e. The van der Waals surface area contributed by atoms with Crippen molar-refractivity contribution in [3.8, 4) is 11.8 Å². The van der Waals surface area contributed by atoms with Gasteiger partial charge in [-0.2, -0.15) is 0 Å². The molecule has 2 nitrogen and oxygen atoms in total. The molecule has 0 aliphatic carbocycles. The third-order valence-corrected chi connectivity index (χ3v) is 3.38. The lowest BCUT2D eigenvalue weighted by Crippen LogP contribution is -2.29. The molecule has 2 rings (SSSR count). The molecule has 2 aromatic carbocycles. The van der Waals surface area contributed by atoms with Gasteiger partial charge in [0.25, 0.3) is 0 Å². The highest BCUT2D eigenvalue weighted by atomic mass is 16.4. The summed E-state index contributed by atoms with van der Waals surface area (Å²) in [6.07, 6.45) is 2.24. The van der Waals surface area contributed by atoms with Crippen LogP contribution >= 0.6 is 0 Å². The average molecular weight is 278 g/mol. The van der Waals surface area contributed by atoms with E-state index in [9.17, 15) is 0 Å². The van der Waals surface area contributed by atoms with Gasteiger partial charge in [0.2, 0.25) is 0 Å². The van der Waals surface area contributed by atoms with Gasteiger partial charge in [-0.3, -0.25) is 0 Å². The van der Waals surface area contributed by atoms with Crippen LogP contribution in [0.3, 0.4) is 0 Å². The summed E-state index contributed by atoms with van der Waals surface area (Å²) < 4.78 is 0. The minimum absolute atomic E-state index is 0.488. The zero-order valence-electron chi connectivity index (χ0n) is 12.4. The van der Waals surface area contributed by atoms with Crippen LogP contribution in [0.5, 0.6) is 0 Å². The molecule has 0 aliphatic heterocycles. The summed E-state index contributed by atoms with van der Waals surface area (Å²) in [6.45, 7) is 4.09. The van der Waals surface area contributed by atoms with E-state index in [-0.39, 0.29) is 0 Å². The first-order valence-electron chi connectivity index (χ1n) is 7.18. The van der Waals surface area contributed by atoms with Crippen molar-refractivity contribution in [3.63, 3.8) is 0 Å². The van der Waals surface area contributed by atoms with E-state index in [2.05, 4.69) is 30.9 Å². The molecule has 0 aliphatic rings. The van der Waals surface area contributed by atoms with Gasteiger partial charge in [0.05, 0.1) is 0 Å². The van der Waals surface area contributed by atoms with Gasteiger partial charge in [0.15, 0.2) is 0 Å². The van der Waals surface area contributed by atoms with Crippen molar-refractivity contribution in [2.24, 2.45) is 0 Å². The van der Waals surface area contributed by atoms with Crippen LogP contribution in [0.1, 0.15) is 35.6 Å². The summed E-state index contributed by atoms with van der Waals surface area (Å²) in [4.78, 5) is 0. The summed E-state index contributed by atoms with van der Waals surface area (Å²) in [5, 5.41) is 18.3. The molecule has 0 bridgehead atoms. The number of rotatable bonds is 3. The van der Waals surface area contributed by atoms with Crippen molar-refractivity contribution >= 4 is 12.6 Å². The lowest BCUT2D eigenvalue weighted by molar-refractivity contribution is 0.425. The highest BCUT2D eigenvalue weighted by Crippen LogP contribution is 2.07. The summed E-state index contributed by atoms with van der Waals surface area (Å²) in [6, 6.07) is 13.6. The molecule has 2 aromatic rings. The molecule has 0 radical (unpaired) electrons. The lowest BCUT2D eigenvalue weighted by atomic mass is 9.79. The van der Waals surface area contributed by atoms with Gasteiger partial charge in [-0.1, -0.05) is 49.5 Å². The Hall–Kier alpha value is -2.02. The largest absolute Gasteiger partial charge is 0.488 e. The van der Waals surface area contributed by atoms with Crippen LogP contribution in [0.25, 0.3) is 0 Å². The zero-order valence-corrected chi connectivity index (χ0v) is 12.4. The molecule has 0 heterocycles. The number of aryl methyl sites for hydroxylation is 2. The Bertz CT molecular complexity index is 664. The maximum absolute atomic E-state index is 9.14. The van der Waals surface area contributed by atoms with Crippen LogP contribution in [0.15, 0.2) is 42.5 Å². The van der Waals surface area contributed by atoms with E-state index >= 15 is 0 Å². The Labute approximate surface area is 126 Å². The first-order chi connectivity index (χ1) is 10.1. The monoisotopic (exact) mass is 278 g/mol. The summed E-state index contributed by atoms with van der Waals surface area (Å²) >= 11 is 0.